The van der Waals surface area contributed by atoms with Crippen molar-refractivity contribution in [1.82, 2.24) is 10.5 Å². The Morgan fingerprint density at radius 3 is 2.94 bits per heavy atom. The van der Waals surface area contributed by atoms with E-state index in [1.165, 1.54) is 0 Å². The fourth-order valence-electron chi connectivity index (χ4n) is 1.47. The summed E-state index contributed by atoms with van der Waals surface area (Å²) < 4.78 is 15.6. The van der Waals surface area contributed by atoms with Gasteiger partial charge in [-0.25, -0.2) is 0 Å². The predicted octanol–water partition coefficient (Wildman–Crippen LogP) is 1.98. The fourth-order valence-corrected chi connectivity index (χ4v) is 1.47. The highest BCUT2D eigenvalue weighted by atomic mass is 16.5. The van der Waals surface area contributed by atoms with Crippen LogP contribution in [0.25, 0.3) is 11.5 Å². The number of nitrogens with zero attached hydrogens (tertiary/aromatic N) is 1. The topological polar surface area (TPSA) is 60.4 Å². The number of hydrogen-bond acceptors (Lipinski definition) is 5. The van der Waals surface area contributed by atoms with Crippen molar-refractivity contribution in [1.29, 1.82) is 0 Å². The summed E-state index contributed by atoms with van der Waals surface area (Å²) >= 11 is 0. The van der Waals surface area contributed by atoms with E-state index in [1.807, 2.05) is 25.1 Å². The van der Waals surface area contributed by atoms with Crippen molar-refractivity contribution in [2.75, 3.05) is 20.3 Å². The Morgan fingerprint density at radius 1 is 1.35 bits per heavy atom. The van der Waals surface area contributed by atoms with E-state index >= 15 is 0 Å². The normalized spacial score (nSPS) is 10.9. The molecule has 2 rings (SSSR count). The SMILES string of the molecule is COCCNCc1cc(-c2ccc(C)o2)on1. The maximum atomic E-state index is 5.45. The molecule has 0 fully saturated rings. The average Bonchev–Trinajstić information content (AvgIpc) is 2.93. The number of aromatic nitrogens is 1. The second kappa shape index (κ2) is 5.65. The van der Waals surface area contributed by atoms with Crippen LogP contribution >= 0.6 is 0 Å². The van der Waals surface area contributed by atoms with Crippen LogP contribution in [0.3, 0.4) is 0 Å². The molecule has 0 bridgehead atoms. The molecule has 5 heteroatoms. The third-order valence-electron chi connectivity index (χ3n) is 2.33. The van der Waals surface area contributed by atoms with Crippen LogP contribution in [0.15, 0.2) is 27.1 Å². The Labute approximate surface area is 99.7 Å². The summed E-state index contributed by atoms with van der Waals surface area (Å²) in [7, 11) is 1.68. The monoisotopic (exact) mass is 236 g/mol. The molecule has 5 nitrogen and oxygen atoms in total. The van der Waals surface area contributed by atoms with E-state index in [9.17, 15) is 0 Å². The molecule has 0 spiro atoms. The van der Waals surface area contributed by atoms with Crippen LogP contribution in [0, 0.1) is 6.92 Å². The molecule has 0 radical (unpaired) electrons. The van der Waals surface area contributed by atoms with Gasteiger partial charge in [0.1, 0.15) is 5.76 Å². The van der Waals surface area contributed by atoms with Gasteiger partial charge in [0.25, 0.3) is 0 Å². The molecule has 0 aliphatic rings. The van der Waals surface area contributed by atoms with E-state index in [0.717, 1.165) is 18.0 Å². The Morgan fingerprint density at radius 2 is 2.24 bits per heavy atom. The van der Waals surface area contributed by atoms with Crippen LogP contribution in [0.5, 0.6) is 0 Å². The highest BCUT2D eigenvalue weighted by Crippen LogP contribution is 2.22. The average molecular weight is 236 g/mol. The quantitative estimate of drug-likeness (QED) is 0.777. The first-order chi connectivity index (χ1) is 8.29. The number of furan rings is 1. The summed E-state index contributed by atoms with van der Waals surface area (Å²) in [4.78, 5) is 0. The summed E-state index contributed by atoms with van der Waals surface area (Å²) in [6, 6.07) is 5.64. The molecule has 17 heavy (non-hydrogen) atoms. The van der Waals surface area contributed by atoms with Gasteiger partial charge in [0.05, 0.1) is 12.3 Å². The van der Waals surface area contributed by atoms with Gasteiger partial charge in [-0.3, -0.25) is 0 Å². The van der Waals surface area contributed by atoms with E-state index in [2.05, 4.69) is 10.5 Å². The lowest BCUT2D eigenvalue weighted by atomic mass is 10.3. The van der Waals surface area contributed by atoms with Crippen molar-refractivity contribution >= 4 is 0 Å². The molecule has 0 aliphatic carbocycles. The molecule has 0 aromatic carbocycles. The highest BCUT2D eigenvalue weighted by Gasteiger charge is 2.09. The van der Waals surface area contributed by atoms with Crippen molar-refractivity contribution < 1.29 is 13.7 Å². The zero-order chi connectivity index (χ0) is 12.1. The van der Waals surface area contributed by atoms with Gasteiger partial charge < -0.3 is 19.0 Å². The van der Waals surface area contributed by atoms with Gasteiger partial charge in [0.15, 0.2) is 5.76 Å². The van der Waals surface area contributed by atoms with Gasteiger partial charge in [-0.15, -0.1) is 0 Å². The number of methoxy groups -OCH3 is 1. The molecule has 0 amide bonds. The summed E-state index contributed by atoms with van der Waals surface area (Å²) in [5.41, 5.74) is 0.852. The van der Waals surface area contributed by atoms with Gasteiger partial charge in [-0.05, 0) is 19.1 Å². The lowest BCUT2D eigenvalue weighted by molar-refractivity contribution is 0.199. The summed E-state index contributed by atoms with van der Waals surface area (Å²) in [5.74, 6) is 2.22. The Bertz CT molecular complexity index is 462. The van der Waals surface area contributed by atoms with E-state index in [0.29, 0.717) is 24.7 Å². The summed E-state index contributed by atoms with van der Waals surface area (Å²) in [5, 5.41) is 7.16. The fraction of sp³-hybridized carbons (Fsp3) is 0.417. The summed E-state index contributed by atoms with van der Waals surface area (Å²) in [6.45, 7) is 4.03. The van der Waals surface area contributed by atoms with Crippen LogP contribution in [0.1, 0.15) is 11.5 Å². The molecule has 1 N–H and O–H groups in total. The molecule has 0 saturated heterocycles. The third kappa shape index (κ3) is 3.18. The number of ether oxygens (including phenoxy) is 1. The van der Waals surface area contributed by atoms with E-state index in [1.54, 1.807) is 7.11 Å². The highest BCUT2D eigenvalue weighted by molar-refractivity contribution is 5.50. The van der Waals surface area contributed by atoms with Crippen LogP contribution in [0.2, 0.25) is 0 Å². The second-order valence-corrected chi connectivity index (χ2v) is 3.76. The molecule has 2 aromatic rings. The van der Waals surface area contributed by atoms with Crippen molar-refractivity contribution in [2.45, 2.75) is 13.5 Å². The van der Waals surface area contributed by atoms with E-state index < -0.39 is 0 Å². The van der Waals surface area contributed by atoms with Crippen molar-refractivity contribution in [3.8, 4) is 11.5 Å². The zero-order valence-corrected chi connectivity index (χ0v) is 10.0. The predicted molar refractivity (Wildman–Crippen MR) is 62.5 cm³/mol. The van der Waals surface area contributed by atoms with Crippen molar-refractivity contribution in [3.63, 3.8) is 0 Å². The number of aryl methyl sites for hydroxylation is 1. The Kier molecular flexibility index (Phi) is 3.95. The van der Waals surface area contributed by atoms with Crippen LogP contribution in [-0.2, 0) is 11.3 Å². The third-order valence-corrected chi connectivity index (χ3v) is 2.33. The molecular weight excluding hydrogens is 220 g/mol. The van der Waals surface area contributed by atoms with Crippen LogP contribution in [0.4, 0.5) is 0 Å². The Balaban J connectivity index is 1.92. The van der Waals surface area contributed by atoms with Crippen LogP contribution in [-0.4, -0.2) is 25.4 Å². The number of rotatable bonds is 6. The molecule has 2 aromatic heterocycles. The molecule has 0 aliphatic heterocycles. The van der Waals surface area contributed by atoms with Crippen LogP contribution < -0.4 is 5.32 Å². The lowest BCUT2D eigenvalue weighted by Gasteiger charge is -1.99. The maximum absolute atomic E-state index is 5.45. The standard InChI is InChI=1S/C12H16N2O3/c1-9-3-4-11(16-9)12-7-10(14-17-12)8-13-5-6-15-2/h3-4,7,13H,5-6,8H2,1-2H3. The first-order valence-corrected chi connectivity index (χ1v) is 5.51. The first kappa shape index (κ1) is 11.9. The molecule has 2 heterocycles. The van der Waals surface area contributed by atoms with Gasteiger partial charge in [-0.2, -0.15) is 0 Å². The van der Waals surface area contributed by atoms with Crippen molar-refractivity contribution in [2.24, 2.45) is 0 Å². The molecular formula is C12H16N2O3. The largest absolute Gasteiger partial charge is 0.458 e. The molecule has 0 unspecified atom stereocenters. The Hall–Kier alpha value is -1.59. The second-order valence-electron chi connectivity index (χ2n) is 3.76. The minimum absolute atomic E-state index is 0.654. The molecule has 0 saturated carbocycles. The molecule has 0 atom stereocenters. The van der Waals surface area contributed by atoms with Gasteiger partial charge in [0.2, 0.25) is 5.76 Å². The van der Waals surface area contributed by atoms with Crippen molar-refractivity contribution in [3.05, 3.63) is 29.7 Å². The number of nitrogens with one attached hydrogen (secondary N) is 1. The minimum Gasteiger partial charge on any atom is -0.458 e. The van der Waals surface area contributed by atoms with Gasteiger partial charge in [0, 0.05) is 26.3 Å². The zero-order valence-electron chi connectivity index (χ0n) is 10.0. The van der Waals surface area contributed by atoms with E-state index in [-0.39, 0.29) is 0 Å². The maximum Gasteiger partial charge on any atom is 0.202 e. The van der Waals surface area contributed by atoms with E-state index in [4.69, 9.17) is 13.7 Å². The van der Waals surface area contributed by atoms with Gasteiger partial charge in [-0.1, -0.05) is 5.16 Å². The smallest absolute Gasteiger partial charge is 0.202 e. The lowest BCUT2D eigenvalue weighted by Crippen LogP contribution is -2.18. The number of hydrogen-bond donors (Lipinski definition) is 1. The minimum atomic E-state index is 0.654. The van der Waals surface area contributed by atoms with Gasteiger partial charge >= 0.3 is 0 Å². The first-order valence-electron chi connectivity index (χ1n) is 5.51. The summed E-state index contributed by atoms with van der Waals surface area (Å²) in [6.07, 6.45) is 0. The molecule has 92 valence electrons.